The summed E-state index contributed by atoms with van der Waals surface area (Å²) in [5, 5.41) is 13.5. The van der Waals surface area contributed by atoms with Crippen molar-refractivity contribution in [3.05, 3.63) is 35.8 Å². The van der Waals surface area contributed by atoms with Crippen LogP contribution in [0, 0.1) is 17.2 Å². The van der Waals surface area contributed by atoms with Crippen LogP contribution in [-0.2, 0) is 18.3 Å². The highest BCUT2D eigenvalue weighted by Crippen LogP contribution is 2.48. The molecule has 1 aromatic carbocycles. The van der Waals surface area contributed by atoms with Crippen molar-refractivity contribution in [3.8, 4) is 0 Å². The van der Waals surface area contributed by atoms with E-state index in [2.05, 4.69) is 5.32 Å². The van der Waals surface area contributed by atoms with Gasteiger partial charge in [-0.05, 0) is 48.9 Å². The molecule has 2 N–H and O–H groups in total. The van der Waals surface area contributed by atoms with Crippen molar-refractivity contribution >= 4 is 22.9 Å². The highest BCUT2D eigenvalue weighted by atomic mass is 19.1. The Kier molecular flexibility index (Phi) is 4.32. The van der Waals surface area contributed by atoms with Gasteiger partial charge in [0, 0.05) is 38.3 Å². The molecule has 2 amide bonds. The first-order valence-corrected chi connectivity index (χ1v) is 9.40. The van der Waals surface area contributed by atoms with Gasteiger partial charge in [-0.3, -0.25) is 4.79 Å². The number of aryl methyl sites for hydroxylation is 1. The fourth-order valence-corrected chi connectivity index (χ4v) is 4.85. The van der Waals surface area contributed by atoms with E-state index in [1.165, 1.54) is 12.1 Å². The summed E-state index contributed by atoms with van der Waals surface area (Å²) in [7, 11) is 1.87. The molecule has 2 atom stereocenters. The molecule has 1 aliphatic heterocycles. The molecular weight excluding hydrogens is 349 g/mol. The van der Waals surface area contributed by atoms with E-state index in [0.717, 1.165) is 29.3 Å². The predicted molar refractivity (Wildman–Crippen MR) is 99.0 cm³/mol. The second-order valence-electron chi connectivity index (χ2n) is 7.84. The Hall–Kier alpha value is -2.57. The standard InChI is InChI=1S/C20H24FN3O3/c1-23-10-13(16-5-4-15(21)9-17(16)23)6-8-22-19(27)24-11-14-3-2-7-20(14,12-24)18(25)26/h4-5,9-10,14H,2-3,6-8,11-12H2,1H3,(H,22,27)(H,25,26)/t14-,20+/m0/s1. The molecule has 1 saturated carbocycles. The fraction of sp³-hybridized carbons (Fsp3) is 0.500. The molecule has 2 fully saturated rings. The zero-order valence-electron chi connectivity index (χ0n) is 15.4. The van der Waals surface area contributed by atoms with Gasteiger partial charge in [0.15, 0.2) is 0 Å². The summed E-state index contributed by atoms with van der Waals surface area (Å²) in [6, 6.07) is 4.52. The molecule has 144 valence electrons. The van der Waals surface area contributed by atoms with Gasteiger partial charge in [0.05, 0.1) is 10.9 Å². The minimum Gasteiger partial charge on any atom is -0.481 e. The molecule has 1 aliphatic carbocycles. The Morgan fingerprint density at radius 2 is 2.22 bits per heavy atom. The number of rotatable bonds is 4. The van der Waals surface area contributed by atoms with Gasteiger partial charge in [0.1, 0.15) is 5.82 Å². The van der Waals surface area contributed by atoms with Crippen LogP contribution in [0.2, 0.25) is 0 Å². The van der Waals surface area contributed by atoms with Crippen LogP contribution in [0.5, 0.6) is 0 Å². The number of benzene rings is 1. The molecule has 2 heterocycles. The van der Waals surface area contributed by atoms with Gasteiger partial charge in [-0.1, -0.05) is 6.42 Å². The number of hydrogen-bond donors (Lipinski definition) is 2. The Bertz CT molecular complexity index is 909. The SMILES string of the molecule is Cn1cc(CCNC(=O)N2C[C@@H]3CCC[C@@]3(C(=O)O)C2)c2ccc(F)cc21. The second-order valence-corrected chi connectivity index (χ2v) is 7.84. The van der Waals surface area contributed by atoms with Crippen LogP contribution < -0.4 is 5.32 Å². The maximum atomic E-state index is 13.4. The molecule has 27 heavy (non-hydrogen) atoms. The second kappa shape index (κ2) is 6.55. The van der Waals surface area contributed by atoms with E-state index in [0.29, 0.717) is 32.5 Å². The van der Waals surface area contributed by atoms with Crippen LogP contribution in [0.25, 0.3) is 10.9 Å². The first-order valence-electron chi connectivity index (χ1n) is 9.40. The van der Waals surface area contributed by atoms with E-state index in [9.17, 15) is 19.1 Å². The third-order valence-corrected chi connectivity index (χ3v) is 6.29. The van der Waals surface area contributed by atoms with Gasteiger partial charge in [-0.25, -0.2) is 9.18 Å². The normalized spacial score (nSPS) is 24.4. The summed E-state index contributed by atoms with van der Waals surface area (Å²) in [5.74, 6) is -0.979. The number of nitrogens with zero attached hydrogens (tertiary/aromatic N) is 2. The number of aliphatic carboxylic acids is 1. The van der Waals surface area contributed by atoms with Crippen molar-refractivity contribution in [3.63, 3.8) is 0 Å². The minimum absolute atomic E-state index is 0.0636. The van der Waals surface area contributed by atoms with Crippen molar-refractivity contribution in [2.45, 2.75) is 25.7 Å². The van der Waals surface area contributed by atoms with Crippen LogP contribution in [-0.4, -0.2) is 46.2 Å². The van der Waals surface area contributed by atoms with Crippen molar-refractivity contribution in [1.82, 2.24) is 14.8 Å². The van der Waals surface area contributed by atoms with E-state index in [1.807, 2.05) is 17.8 Å². The summed E-state index contributed by atoms with van der Waals surface area (Å²) >= 11 is 0. The molecule has 0 unspecified atom stereocenters. The summed E-state index contributed by atoms with van der Waals surface area (Å²) in [6.07, 6.45) is 5.05. The summed E-state index contributed by atoms with van der Waals surface area (Å²) in [5.41, 5.74) is 1.12. The summed E-state index contributed by atoms with van der Waals surface area (Å²) in [6.45, 7) is 1.27. The summed E-state index contributed by atoms with van der Waals surface area (Å²) < 4.78 is 15.3. The highest BCUT2D eigenvalue weighted by Gasteiger charge is 2.55. The molecule has 2 aromatic rings. The molecule has 6 nitrogen and oxygen atoms in total. The zero-order chi connectivity index (χ0) is 19.2. The fourth-order valence-electron chi connectivity index (χ4n) is 4.85. The van der Waals surface area contributed by atoms with Crippen LogP contribution in [0.3, 0.4) is 0 Å². The minimum atomic E-state index is -0.775. The van der Waals surface area contributed by atoms with Crippen LogP contribution in [0.4, 0.5) is 9.18 Å². The van der Waals surface area contributed by atoms with E-state index >= 15 is 0 Å². The molecule has 0 radical (unpaired) electrons. The molecule has 7 heteroatoms. The third kappa shape index (κ3) is 2.95. The molecule has 1 saturated heterocycles. The lowest BCUT2D eigenvalue weighted by Crippen LogP contribution is -2.42. The lowest BCUT2D eigenvalue weighted by Gasteiger charge is -2.23. The van der Waals surface area contributed by atoms with Gasteiger partial charge in [-0.15, -0.1) is 0 Å². The van der Waals surface area contributed by atoms with Crippen molar-refractivity contribution < 1.29 is 19.1 Å². The van der Waals surface area contributed by atoms with Gasteiger partial charge >= 0.3 is 12.0 Å². The Labute approximate surface area is 156 Å². The van der Waals surface area contributed by atoms with E-state index in [4.69, 9.17) is 0 Å². The monoisotopic (exact) mass is 373 g/mol. The maximum absolute atomic E-state index is 13.4. The van der Waals surface area contributed by atoms with Crippen LogP contribution in [0.1, 0.15) is 24.8 Å². The van der Waals surface area contributed by atoms with Gasteiger partial charge in [0.2, 0.25) is 0 Å². The zero-order valence-corrected chi connectivity index (χ0v) is 15.4. The quantitative estimate of drug-likeness (QED) is 0.865. The number of nitrogens with one attached hydrogen (secondary N) is 1. The first kappa shape index (κ1) is 17.8. The Morgan fingerprint density at radius 1 is 1.41 bits per heavy atom. The van der Waals surface area contributed by atoms with E-state index < -0.39 is 11.4 Å². The number of aromatic nitrogens is 1. The van der Waals surface area contributed by atoms with E-state index in [1.54, 1.807) is 11.0 Å². The number of halogens is 1. The van der Waals surface area contributed by atoms with Crippen LogP contribution >= 0.6 is 0 Å². The van der Waals surface area contributed by atoms with Gasteiger partial charge in [0.25, 0.3) is 0 Å². The number of fused-ring (bicyclic) bond motifs is 2. The smallest absolute Gasteiger partial charge is 0.317 e. The topological polar surface area (TPSA) is 74.6 Å². The molecule has 4 rings (SSSR count). The summed E-state index contributed by atoms with van der Waals surface area (Å²) in [4.78, 5) is 25.9. The number of carboxylic acids is 1. The molecule has 0 spiro atoms. The number of hydrogen-bond acceptors (Lipinski definition) is 2. The number of likely N-dealkylation sites (tertiary alicyclic amines) is 1. The van der Waals surface area contributed by atoms with Crippen LogP contribution in [0.15, 0.2) is 24.4 Å². The molecule has 1 aromatic heterocycles. The van der Waals surface area contributed by atoms with Gasteiger partial charge in [-0.2, -0.15) is 0 Å². The molecule has 0 bridgehead atoms. The Morgan fingerprint density at radius 3 is 2.96 bits per heavy atom. The number of amides is 2. The lowest BCUT2D eigenvalue weighted by molar-refractivity contribution is -0.149. The lowest BCUT2D eigenvalue weighted by atomic mass is 9.81. The highest BCUT2D eigenvalue weighted by molar-refractivity contribution is 5.84. The number of urea groups is 1. The van der Waals surface area contributed by atoms with Gasteiger partial charge < -0.3 is 19.9 Å². The van der Waals surface area contributed by atoms with Crippen molar-refractivity contribution in [2.24, 2.45) is 18.4 Å². The number of carbonyl (C=O) groups is 2. The average molecular weight is 373 g/mol. The Balaban J connectivity index is 1.38. The number of carboxylic acid groups (broad SMARTS) is 1. The predicted octanol–water partition coefficient (Wildman–Crippen LogP) is 2.76. The molecule has 2 aliphatic rings. The van der Waals surface area contributed by atoms with E-state index in [-0.39, 0.29) is 17.8 Å². The number of carbonyl (C=O) groups excluding carboxylic acids is 1. The average Bonchev–Trinajstić information content (AvgIpc) is 3.26. The molecular formula is C20H24FN3O3. The third-order valence-electron chi connectivity index (χ3n) is 6.29. The first-order chi connectivity index (χ1) is 12.9. The maximum Gasteiger partial charge on any atom is 0.317 e. The van der Waals surface area contributed by atoms with Crippen molar-refractivity contribution in [1.29, 1.82) is 0 Å². The largest absolute Gasteiger partial charge is 0.481 e. The van der Waals surface area contributed by atoms with Crippen molar-refractivity contribution in [2.75, 3.05) is 19.6 Å².